The Labute approximate surface area is 185 Å². The van der Waals surface area contributed by atoms with Gasteiger partial charge in [-0.25, -0.2) is 18.4 Å². The minimum atomic E-state index is -3.83. The van der Waals surface area contributed by atoms with E-state index < -0.39 is 15.1 Å². The van der Waals surface area contributed by atoms with E-state index in [2.05, 4.69) is 15.3 Å². The molecule has 0 aliphatic carbocycles. The number of nitrogens with one attached hydrogen (secondary N) is 1. The fourth-order valence-electron chi connectivity index (χ4n) is 2.70. The SMILES string of the molecule is CC[C@H](Sc1ncc(S(=O)(=O)c2ccccc2)c(N)n1)C(=O)Nc1ccc(OC)cc1. The zero-order chi connectivity index (χ0) is 22.4. The number of sulfone groups is 1. The standard InChI is InChI=1S/C21H22N4O4S2/c1-3-17(20(26)24-14-9-11-15(29-2)12-10-14)30-21-23-13-18(19(22)25-21)31(27,28)16-7-5-4-6-8-16/h4-13,17H,3H2,1-2H3,(H,24,26)(H2,22,23,25)/t17-/m0/s1. The number of rotatable bonds is 8. The van der Waals surface area contributed by atoms with Gasteiger partial charge in [0.25, 0.3) is 0 Å². The molecular weight excluding hydrogens is 436 g/mol. The second kappa shape index (κ2) is 9.80. The number of nitrogen functional groups attached to an aromatic ring is 1. The molecule has 3 N–H and O–H groups in total. The van der Waals surface area contributed by atoms with Crippen molar-refractivity contribution in [2.24, 2.45) is 0 Å². The summed E-state index contributed by atoms with van der Waals surface area (Å²) in [6.07, 6.45) is 1.70. The summed E-state index contributed by atoms with van der Waals surface area (Å²) in [4.78, 5) is 20.8. The second-order valence-corrected chi connectivity index (χ2v) is 9.54. The maximum Gasteiger partial charge on any atom is 0.237 e. The first-order valence-corrected chi connectivity index (χ1v) is 11.8. The van der Waals surface area contributed by atoms with E-state index in [9.17, 15) is 13.2 Å². The molecule has 3 rings (SSSR count). The highest BCUT2D eigenvalue weighted by Gasteiger charge is 2.24. The Hall–Kier alpha value is -3.11. The highest BCUT2D eigenvalue weighted by Crippen LogP contribution is 2.28. The van der Waals surface area contributed by atoms with Crippen LogP contribution in [0.25, 0.3) is 0 Å². The second-order valence-electron chi connectivity index (χ2n) is 6.45. The molecule has 3 aromatic rings. The number of carbonyl (C=O) groups excluding carboxylic acids is 1. The van der Waals surface area contributed by atoms with E-state index in [1.807, 2.05) is 6.92 Å². The predicted molar refractivity (Wildman–Crippen MR) is 120 cm³/mol. The normalized spacial score (nSPS) is 12.2. The molecule has 0 radical (unpaired) electrons. The summed E-state index contributed by atoms with van der Waals surface area (Å²) in [5, 5.41) is 2.57. The smallest absolute Gasteiger partial charge is 0.237 e. The summed E-state index contributed by atoms with van der Waals surface area (Å²) >= 11 is 1.12. The minimum absolute atomic E-state index is 0.107. The number of aromatic nitrogens is 2. The molecule has 10 heteroatoms. The van der Waals surface area contributed by atoms with E-state index >= 15 is 0 Å². The number of thioether (sulfide) groups is 1. The number of amides is 1. The van der Waals surface area contributed by atoms with Crippen LogP contribution in [0.5, 0.6) is 5.75 Å². The number of benzene rings is 2. The first-order chi connectivity index (χ1) is 14.8. The van der Waals surface area contributed by atoms with E-state index in [-0.39, 0.29) is 26.7 Å². The number of nitrogens with zero attached hydrogens (tertiary/aromatic N) is 2. The molecule has 0 aliphatic rings. The fraction of sp³-hybridized carbons (Fsp3) is 0.190. The first kappa shape index (κ1) is 22.6. The van der Waals surface area contributed by atoms with Crippen molar-refractivity contribution in [1.29, 1.82) is 0 Å². The summed E-state index contributed by atoms with van der Waals surface area (Å²) < 4.78 is 30.6. The Kier molecular flexibility index (Phi) is 7.13. The van der Waals surface area contributed by atoms with Crippen molar-refractivity contribution in [3.8, 4) is 5.75 Å². The van der Waals surface area contributed by atoms with Crippen LogP contribution < -0.4 is 15.8 Å². The van der Waals surface area contributed by atoms with Gasteiger partial charge in [-0.3, -0.25) is 4.79 Å². The Balaban J connectivity index is 1.75. The molecule has 0 saturated carbocycles. The van der Waals surface area contributed by atoms with E-state index in [1.54, 1.807) is 49.6 Å². The van der Waals surface area contributed by atoms with Crippen LogP contribution in [0, 0.1) is 0 Å². The Morgan fingerprint density at radius 1 is 1.16 bits per heavy atom. The van der Waals surface area contributed by atoms with Crippen LogP contribution in [0.2, 0.25) is 0 Å². The molecular formula is C21H22N4O4S2. The van der Waals surface area contributed by atoms with E-state index in [4.69, 9.17) is 10.5 Å². The molecule has 0 saturated heterocycles. The lowest BCUT2D eigenvalue weighted by atomic mass is 10.2. The molecule has 162 valence electrons. The molecule has 1 heterocycles. The number of hydrogen-bond donors (Lipinski definition) is 2. The van der Waals surface area contributed by atoms with Crippen molar-refractivity contribution >= 4 is 39.0 Å². The first-order valence-electron chi connectivity index (χ1n) is 9.39. The zero-order valence-electron chi connectivity index (χ0n) is 17.0. The van der Waals surface area contributed by atoms with Crippen LogP contribution in [0.4, 0.5) is 11.5 Å². The molecule has 0 aliphatic heterocycles. The average molecular weight is 459 g/mol. The van der Waals surface area contributed by atoms with Gasteiger partial charge in [0.1, 0.15) is 16.5 Å². The molecule has 0 spiro atoms. The largest absolute Gasteiger partial charge is 0.497 e. The maximum atomic E-state index is 12.8. The number of methoxy groups -OCH3 is 1. The summed E-state index contributed by atoms with van der Waals surface area (Å²) in [7, 11) is -2.26. The van der Waals surface area contributed by atoms with Gasteiger partial charge >= 0.3 is 0 Å². The fourth-order valence-corrected chi connectivity index (χ4v) is 4.84. The van der Waals surface area contributed by atoms with Gasteiger partial charge in [-0.2, -0.15) is 0 Å². The highest BCUT2D eigenvalue weighted by molar-refractivity contribution is 8.00. The van der Waals surface area contributed by atoms with Crippen molar-refractivity contribution in [3.63, 3.8) is 0 Å². The van der Waals surface area contributed by atoms with E-state index in [1.165, 1.54) is 18.3 Å². The van der Waals surface area contributed by atoms with Crippen molar-refractivity contribution in [3.05, 3.63) is 60.8 Å². The third-order valence-corrected chi connectivity index (χ3v) is 7.40. The number of anilines is 2. The Bertz CT molecular complexity index is 1150. The highest BCUT2D eigenvalue weighted by atomic mass is 32.2. The van der Waals surface area contributed by atoms with Crippen molar-refractivity contribution in [2.45, 2.75) is 33.5 Å². The van der Waals surface area contributed by atoms with E-state index in [0.29, 0.717) is 17.9 Å². The molecule has 0 bridgehead atoms. The summed E-state index contributed by atoms with van der Waals surface area (Å²) in [6.45, 7) is 1.86. The molecule has 2 aromatic carbocycles. The van der Waals surface area contributed by atoms with Gasteiger partial charge in [-0.15, -0.1) is 0 Å². The minimum Gasteiger partial charge on any atom is -0.497 e. The van der Waals surface area contributed by atoms with Crippen LogP contribution in [-0.2, 0) is 14.6 Å². The van der Waals surface area contributed by atoms with Crippen molar-refractivity contribution in [1.82, 2.24) is 9.97 Å². The van der Waals surface area contributed by atoms with Gasteiger partial charge in [-0.05, 0) is 42.8 Å². The Morgan fingerprint density at radius 3 is 2.42 bits per heavy atom. The van der Waals surface area contributed by atoms with Gasteiger partial charge in [0.15, 0.2) is 5.16 Å². The van der Waals surface area contributed by atoms with Crippen molar-refractivity contribution < 1.29 is 17.9 Å². The molecule has 1 aromatic heterocycles. The van der Waals surface area contributed by atoms with Gasteiger partial charge < -0.3 is 15.8 Å². The lowest BCUT2D eigenvalue weighted by molar-refractivity contribution is -0.115. The molecule has 0 fully saturated rings. The average Bonchev–Trinajstić information content (AvgIpc) is 2.78. The zero-order valence-corrected chi connectivity index (χ0v) is 18.6. The van der Waals surface area contributed by atoms with Crippen LogP contribution in [-0.4, -0.2) is 36.7 Å². The number of nitrogens with two attached hydrogens (primary N) is 1. The monoisotopic (exact) mass is 458 g/mol. The van der Waals surface area contributed by atoms with Crippen molar-refractivity contribution in [2.75, 3.05) is 18.2 Å². The summed E-state index contributed by atoms with van der Waals surface area (Å²) in [5.74, 6) is 0.307. The van der Waals surface area contributed by atoms with Gasteiger partial charge in [0.2, 0.25) is 15.7 Å². The number of ether oxygens (including phenoxy) is 1. The molecule has 1 atom stereocenters. The third-order valence-electron chi connectivity index (χ3n) is 4.37. The molecule has 31 heavy (non-hydrogen) atoms. The van der Waals surface area contributed by atoms with Crippen LogP contribution in [0.15, 0.2) is 75.7 Å². The third kappa shape index (κ3) is 5.33. The van der Waals surface area contributed by atoms with Crippen LogP contribution >= 0.6 is 11.8 Å². The summed E-state index contributed by atoms with van der Waals surface area (Å²) in [6, 6.07) is 14.9. The van der Waals surface area contributed by atoms with Crippen LogP contribution in [0.3, 0.4) is 0 Å². The topological polar surface area (TPSA) is 124 Å². The van der Waals surface area contributed by atoms with Gasteiger partial charge in [-0.1, -0.05) is 36.9 Å². The lowest BCUT2D eigenvalue weighted by Gasteiger charge is -2.15. The van der Waals surface area contributed by atoms with Gasteiger partial charge in [0, 0.05) is 5.69 Å². The number of hydrogen-bond acceptors (Lipinski definition) is 8. The quantitative estimate of drug-likeness (QED) is 0.389. The van der Waals surface area contributed by atoms with Gasteiger partial charge in [0.05, 0.1) is 23.5 Å². The predicted octanol–water partition coefficient (Wildman–Crippen LogP) is 3.41. The molecule has 0 unspecified atom stereocenters. The summed E-state index contributed by atoms with van der Waals surface area (Å²) in [5.41, 5.74) is 6.57. The van der Waals surface area contributed by atoms with Crippen LogP contribution in [0.1, 0.15) is 13.3 Å². The maximum absolute atomic E-state index is 12.8. The molecule has 8 nitrogen and oxygen atoms in total. The molecule has 1 amide bonds. The number of carbonyl (C=O) groups is 1. The lowest BCUT2D eigenvalue weighted by Crippen LogP contribution is -2.25. The van der Waals surface area contributed by atoms with E-state index in [0.717, 1.165) is 11.8 Å². The Morgan fingerprint density at radius 2 is 1.84 bits per heavy atom.